The van der Waals surface area contributed by atoms with Crippen LogP contribution in [0.25, 0.3) is 0 Å². The molecular weight excluding hydrogens is 200 g/mol. The van der Waals surface area contributed by atoms with Gasteiger partial charge in [-0.05, 0) is 37.6 Å². The number of hydrogen-bond donors (Lipinski definition) is 1. The largest absolute Gasteiger partial charge is 0.343 e. The maximum absolute atomic E-state index is 12.2. The first-order valence-corrected chi connectivity index (χ1v) is 6.65. The van der Waals surface area contributed by atoms with Gasteiger partial charge in [0.05, 0.1) is 0 Å². The summed E-state index contributed by atoms with van der Waals surface area (Å²) >= 11 is 0. The van der Waals surface area contributed by atoms with Crippen molar-refractivity contribution in [2.75, 3.05) is 19.6 Å². The molecule has 0 aromatic rings. The van der Waals surface area contributed by atoms with Gasteiger partial charge in [0, 0.05) is 19.5 Å². The Morgan fingerprint density at radius 2 is 1.81 bits per heavy atom. The predicted octanol–water partition coefficient (Wildman–Crippen LogP) is 2.15. The van der Waals surface area contributed by atoms with Gasteiger partial charge in [-0.15, -0.1) is 0 Å². The van der Waals surface area contributed by atoms with Crippen LogP contribution in [-0.4, -0.2) is 30.4 Å². The molecule has 1 aliphatic rings. The topological polar surface area (TPSA) is 46.3 Å². The molecule has 2 N–H and O–H groups in total. The summed E-state index contributed by atoms with van der Waals surface area (Å²) in [5, 5.41) is 0. The third-order valence-electron chi connectivity index (χ3n) is 3.71. The Morgan fingerprint density at radius 1 is 1.25 bits per heavy atom. The molecule has 1 rings (SSSR count). The molecular formula is C13H26N2O. The summed E-state index contributed by atoms with van der Waals surface area (Å²) in [7, 11) is 0. The second-order valence-electron chi connectivity index (χ2n) is 5.12. The first kappa shape index (κ1) is 13.5. The van der Waals surface area contributed by atoms with Crippen molar-refractivity contribution in [1.82, 2.24) is 4.90 Å². The number of rotatable bonds is 7. The third kappa shape index (κ3) is 3.21. The van der Waals surface area contributed by atoms with Crippen molar-refractivity contribution in [3.8, 4) is 0 Å². The van der Waals surface area contributed by atoms with E-state index in [1.807, 2.05) is 4.90 Å². The fourth-order valence-corrected chi connectivity index (χ4v) is 2.46. The molecule has 1 amide bonds. The zero-order valence-electron chi connectivity index (χ0n) is 10.8. The van der Waals surface area contributed by atoms with E-state index in [0.29, 0.717) is 18.9 Å². The minimum atomic E-state index is 0.150. The van der Waals surface area contributed by atoms with Gasteiger partial charge in [0.2, 0.25) is 5.91 Å². The summed E-state index contributed by atoms with van der Waals surface area (Å²) in [5.74, 6) is 0.314. The van der Waals surface area contributed by atoms with Crippen LogP contribution in [0.5, 0.6) is 0 Å². The second-order valence-corrected chi connectivity index (χ2v) is 5.12. The van der Waals surface area contributed by atoms with E-state index in [4.69, 9.17) is 5.73 Å². The quantitative estimate of drug-likeness (QED) is 0.723. The van der Waals surface area contributed by atoms with E-state index >= 15 is 0 Å². The summed E-state index contributed by atoms with van der Waals surface area (Å²) in [5.41, 5.74) is 5.94. The van der Waals surface area contributed by atoms with E-state index in [9.17, 15) is 4.79 Å². The van der Waals surface area contributed by atoms with Crippen molar-refractivity contribution in [1.29, 1.82) is 0 Å². The van der Waals surface area contributed by atoms with Gasteiger partial charge in [-0.2, -0.15) is 0 Å². The molecule has 0 heterocycles. The molecule has 16 heavy (non-hydrogen) atoms. The average Bonchev–Trinajstić information content (AvgIpc) is 2.23. The maximum atomic E-state index is 12.2. The monoisotopic (exact) mass is 226 g/mol. The zero-order valence-corrected chi connectivity index (χ0v) is 10.8. The lowest BCUT2D eigenvalue weighted by Crippen LogP contribution is -2.43. The van der Waals surface area contributed by atoms with Crippen LogP contribution in [0.15, 0.2) is 0 Å². The summed E-state index contributed by atoms with van der Waals surface area (Å²) < 4.78 is 0. The van der Waals surface area contributed by atoms with Crippen LogP contribution in [0, 0.1) is 5.41 Å². The molecule has 0 radical (unpaired) electrons. The fraction of sp³-hybridized carbons (Fsp3) is 0.923. The first-order chi connectivity index (χ1) is 7.67. The molecule has 1 aliphatic carbocycles. The lowest BCUT2D eigenvalue weighted by molar-refractivity contribution is -0.135. The molecule has 1 saturated carbocycles. The van der Waals surface area contributed by atoms with Crippen molar-refractivity contribution in [2.24, 2.45) is 11.1 Å². The van der Waals surface area contributed by atoms with Crippen LogP contribution in [0.4, 0.5) is 0 Å². The second kappa shape index (κ2) is 6.24. The number of amides is 1. The highest BCUT2D eigenvalue weighted by molar-refractivity contribution is 5.77. The highest BCUT2D eigenvalue weighted by atomic mass is 16.2. The Balaban J connectivity index is 2.47. The van der Waals surface area contributed by atoms with Crippen molar-refractivity contribution >= 4 is 5.91 Å². The number of carbonyl (C=O) groups excluding carboxylic acids is 1. The van der Waals surface area contributed by atoms with Crippen LogP contribution < -0.4 is 5.73 Å². The number of carbonyl (C=O) groups is 1. The molecule has 94 valence electrons. The molecule has 3 heteroatoms. The van der Waals surface area contributed by atoms with Crippen LogP contribution in [0.2, 0.25) is 0 Å². The Kier molecular flexibility index (Phi) is 5.26. The molecule has 0 unspecified atom stereocenters. The fourth-order valence-electron chi connectivity index (χ4n) is 2.46. The van der Waals surface area contributed by atoms with E-state index in [1.165, 1.54) is 6.42 Å². The minimum absolute atomic E-state index is 0.150. The number of hydrogen-bond acceptors (Lipinski definition) is 2. The molecule has 0 aromatic heterocycles. The van der Waals surface area contributed by atoms with Gasteiger partial charge >= 0.3 is 0 Å². The minimum Gasteiger partial charge on any atom is -0.343 e. The van der Waals surface area contributed by atoms with Gasteiger partial charge in [-0.3, -0.25) is 4.79 Å². The number of nitrogens with two attached hydrogens (primary N) is 1. The molecule has 0 aromatic carbocycles. The molecule has 0 atom stereocenters. The van der Waals surface area contributed by atoms with Gasteiger partial charge in [0.25, 0.3) is 0 Å². The highest BCUT2D eigenvalue weighted by Gasteiger charge is 2.38. The molecule has 0 bridgehead atoms. The SMILES string of the molecule is CCCN(CCC)C(=O)CC1(CN)CCC1. The third-order valence-corrected chi connectivity index (χ3v) is 3.71. The highest BCUT2D eigenvalue weighted by Crippen LogP contribution is 2.43. The van der Waals surface area contributed by atoms with Crippen LogP contribution in [0.1, 0.15) is 52.4 Å². The smallest absolute Gasteiger partial charge is 0.223 e. The molecule has 1 fully saturated rings. The van der Waals surface area contributed by atoms with Crippen LogP contribution in [0.3, 0.4) is 0 Å². The average molecular weight is 226 g/mol. The van der Waals surface area contributed by atoms with Crippen molar-refractivity contribution in [2.45, 2.75) is 52.4 Å². The van der Waals surface area contributed by atoms with Gasteiger partial charge in [0.1, 0.15) is 0 Å². The van der Waals surface area contributed by atoms with Crippen molar-refractivity contribution < 1.29 is 4.79 Å². The zero-order chi connectivity index (χ0) is 12.0. The molecule has 0 aliphatic heterocycles. The van der Waals surface area contributed by atoms with Gasteiger partial charge < -0.3 is 10.6 Å². The Bertz CT molecular complexity index is 212. The van der Waals surface area contributed by atoms with E-state index in [0.717, 1.165) is 38.8 Å². The lowest BCUT2D eigenvalue weighted by atomic mass is 9.66. The van der Waals surface area contributed by atoms with Gasteiger partial charge in [-0.1, -0.05) is 20.3 Å². The normalized spacial score (nSPS) is 17.9. The van der Waals surface area contributed by atoms with Crippen LogP contribution in [-0.2, 0) is 4.79 Å². The Morgan fingerprint density at radius 3 is 2.12 bits per heavy atom. The van der Waals surface area contributed by atoms with E-state index in [-0.39, 0.29) is 5.41 Å². The molecule has 3 nitrogen and oxygen atoms in total. The Hall–Kier alpha value is -0.570. The molecule has 0 spiro atoms. The van der Waals surface area contributed by atoms with E-state index < -0.39 is 0 Å². The van der Waals surface area contributed by atoms with Crippen LogP contribution >= 0.6 is 0 Å². The lowest BCUT2D eigenvalue weighted by Gasteiger charge is -2.41. The standard InChI is InChI=1S/C13H26N2O/c1-3-8-15(9-4-2)12(16)10-13(11-14)6-5-7-13/h3-11,14H2,1-2H3. The summed E-state index contributed by atoms with van der Waals surface area (Å²) in [4.78, 5) is 14.2. The van der Waals surface area contributed by atoms with E-state index in [2.05, 4.69) is 13.8 Å². The summed E-state index contributed by atoms with van der Waals surface area (Å²) in [6, 6.07) is 0. The van der Waals surface area contributed by atoms with Gasteiger partial charge in [-0.25, -0.2) is 0 Å². The first-order valence-electron chi connectivity index (χ1n) is 6.65. The van der Waals surface area contributed by atoms with E-state index in [1.54, 1.807) is 0 Å². The van der Waals surface area contributed by atoms with Gasteiger partial charge in [0.15, 0.2) is 0 Å². The summed E-state index contributed by atoms with van der Waals surface area (Å²) in [6.45, 7) is 6.71. The van der Waals surface area contributed by atoms with Crippen molar-refractivity contribution in [3.05, 3.63) is 0 Å². The summed E-state index contributed by atoms with van der Waals surface area (Å²) in [6.07, 6.45) is 6.28. The maximum Gasteiger partial charge on any atom is 0.223 e. The van der Waals surface area contributed by atoms with Crippen molar-refractivity contribution in [3.63, 3.8) is 0 Å². The predicted molar refractivity (Wildman–Crippen MR) is 67.1 cm³/mol. The molecule has 0 saturated heterocycles. The Labute approximate surface area is 99.4 Å². The number of nitrogens with zero attached hydrogens (tertiary/aromatic N) is 1.